The molecule has 1 aliphatic heterocycles. The Morgan fingerprint density at radius 3 is 2.54 bits per heavy atom. The molecule has 4 rings (SSSR count). The quantitative estimate of drug-likeness (QED) is 0.676. The first-order valence-electron chi connectivity index (χ1n) is 8.35. The summed E-state index contributed by atoms with van der Waals surface area (Å²) in [5, 5.41) is 5.19. The summed E-state index contributed by atoms with van der Waals surface area (Å²) in [7, 11) is 0. The maximum Gasteiger partial charge on any atom is 0.241 e. The molecular weight excluding hydrogens is 373 g/mol. The third-order valence-electron chi connectivity index (χ3n) is 4.32. The summed E-state index contributed by atoms with van der Waals surface area (Å²) in [5.74, 6) is 2.02. The average molecular weight is 390 g/mol. The van der Waals surface area contributed by atoms with Crippen LogP contribution in [0.5, 0.6) is 0 Å². The van der Waals surface area contributed by atoms with Crippen LogP contribution in [0.15, 0.2) is 47.1 Å². The predicted octanol–water partition coefficient (Wildman–Crippen LogP) is 3.76. The van der Waals surface area contributed by atoms with Gasteiger partial charge < -0.3 is 9.42 Å². The lowest BCUT2D eigenvalue weighted by Gasteiger charge is -2.35. The number of hydrogen-bond acceptors (Lipinski definition) is 6. The molecule has 1 fully saturated rings. The van der Waals surface area contributed by atoms with Crippen LogP contribution in [0.4, 0.5) is 5.82 Å². The third-order valence-corrected chi connectivity index (χ3v) is 4.80. The highest BCUT2D eigenvalue weighted by Gasteiger charge is 2.22. The van der Waals surface area contributed by atoms with Gasteiger partial charge in [-0.25, -0.2) is 4.98 Å². The summed E-state index contributed by atoms with van der Waals surface area (Å²) >= 11 is 12.2. The fourth-order valence-corrected chi connectivity index (χ4v) is 3.47. The van der Waals surface area contributed by atoms with Crippen LogP contribution in [0, 0.1) is 0 Å². The van der Waals surface area contributed by atoms with Crippen LogP contribution in [0.2, 0.25) is 10.0 Å². The molecule has 0 amide bonds. The van der Waals surface area contributed by atoms with Gasteiger partial charge >= 0.3 is 0 Å². The number of aromatic nitrogens is 3. The standard InChI is InChI=1S/C18H17Cl2N5O/c19-14-10-15(20)18(21-11-14)25-8-6-24(7-9-25)12-16-22-17(23-26-16)13-4-2-1-3-5-13/h1-5,10-11H,6-9,12H2. The first kappa shape index (κ1) is 17.3. The van der Waals surface area contributed by atoms with Gasteiger partial charge in [0.1, 0.15) is 5.82 Å². The molecule has 0 saturated carbocycles. The number of hydrogen-bond donors (Lipinski definition) is 0. The highest BCUT2D eigenvalue weighted by atomic mass is 35.5. The van der Waals surface area contributed by atoms with Crippen LogP contribution in [-0.4, -0.2) is 46.2 Å². The average Bonchev–Trinajstić information content (AvgIpc) is 3.12. The van der Waals surface area contributed by atoms with E-state index in [0.717, 1.165) is 37.6 Å². The Morgan fingerprint density at radius 2 is 1.81 bits per heavy atom. The van der Waals surface area contributed by atoms with Gasteiger partial charge in [-0.05, 0) is 6.07 Å². The van der Waals surface area contributed by atoms with Gasteiger partial charge in [0.2, 0.25) is 11.7 Å². The van der Waals surface area contributed by atoms with Crippen LogP contribution >= 0.6 is 23.2 Å². The van der Waals surface area contributed by atoms with Crippen molar-refractivity contribution in [2.75, 3.05) is 31.1 Å². The summed E-state index contributed by atoms with van der Waals surface area (Å²) in [6.45, 7) is 4.02. The zero-order valence-electron chi connectivity index (χ0n) is 14.0. The lowest BCUT2D eigenvalue weighted by molar-refractivity contribution is 0.215. The Morgan fingerprint density at radius 1 is 1.04 bits per heavy atom. The smallest absolute Gasteiger partial charge is 0.241 e. The van der Waals surface area contributed by atoms with Crippen LogP contribution in [0.1, 0.15) is 5.89 Å². The number of pyridine rings is 1. The molecule has 1 aromatic carbocycles. The van der Waals surface area contributed by atoms with Crippen molar-refractivity contribution in [1.82, 2.24) is 20.0 Å². The molecule has 3 aromatic rings. The molecule has 8 heteroatoms. The van der Waals surface area contributed by atoms with Crippen LogP contribution in [0.25, 0.3) is 11.4 Å². The Balaban J connectivity index is 1.36. The number of halogens is 2. The molecule has 1 saturated heterocycles. The van der Waals surface area contributed by atoms with Crippen molar-refractivity contribution < 1.29 is 4.52 Å². The summed E-state index contributed by atoms with van der Waals surface area (Å²) in [4.78, 5) is 13.3. The molecule has 0 atom stereocenters. The lowest BCUT2D eigenvalue weighted by atomic mass is 10.2. The lowest BCUT2D eigenvalue weighted by Crippen LogP contribution is -2.46. The molecule has 3 heterocycles. The van der Waals surface area contributed by atoms with Gasteiger partial charge in [-0.3, -0.25) is 4.90 Å². The second-order valence-corrected chi connectivity index (χ2v) is 6.94. The van der Waals surface area contributed by atoms with Gasteiger partial charge in [-0.15, -0.1) is 0 Å². The molecular formula is C18H17Cl2N5O. The molecule has 0 aliphatic carbocycles. The van der Waals surface area contributed by atoms with Gasteiger partial charge in [0.25, 0.3) is 0 Å². The summed E-state index contributed by atoms with van der Waals surface area (Å²) in [6.07, 6.45) is 1.62. The van der Waals surface area contributed by atoms with E-state index in [4.69, 9.17) is 27.7 Å². The van der Waals surface area contributed by atoms with E-state index < -0.39 is 0 Å². The third kappa shape index (κ3) is 3.82. The van der Waals surface area contributed by atoms with E-state index in [9.17, 15) is 0 Å². The van der Waals surface area contributed by atoms with Gasteiger partial charge in [0, 0.05) is 37.9 Å². The van der Waals surface area contributed by atoms with Crippen molar-refractivity contribution in [3.05, 3.63) is 58.5 Å². The van der Waals surface area contributed by atoms with Crippen molar-refractivity contribution in [3.8, 4) is 11.4 Å². The van der Waals surface area contributed by atoms with E-state index in [2.05, 4.69) is 24.9 Å². The molecule has 1 aliphatic rings. The molecule has 0 N–H and O–H groups in total. The minimum absolute atomic E-state index is 0.544. The minimum Gasteiger partial charge on any atom is -0.353 e. The number of rotatable bonds is 4. The number of nitrogens with zero attached hydrogens (tertiary/aromatic N) is 5. The summed E-state index contributed by atoms with van der Waals surface area (Å²) < 4.78 is 5.40. The van der Waals surface area contributed by atoms with E-state index in [1.807, 2.05) is 30.3 Å². The fraction of sp³-hybridized carbons (Fsp3) is 0.278. The minimum atomic E-state index is 0.544. The molecule has 26 heavy (non-hydrogen) atoms. The zero-order chi connectivity index (χ0) is 17.9. The van der Waals surface area contributed by atoms with Crippen molar-refractivity contribution in [3.63, 3.8) is 0 Å². The van der Waals surface area contributed by atoms with E-state index in [1.54, 1.807) is 12.3 Å². The van der Waals surface area contributed by atoms with E-state index in [0.29, 0.717) is 28.3 Å². The molecule has 0 bridgehead atoms. The van der Waals surface area contributed by atoms with Gasteiger partial charge in [-0.2, -0.15) is 4.98 Å². The Kier molecular flexibility index (Phi) is 5.06. The SMILES string of the molecule is Clc1cnc(N2CCN(Cc3nc(-c4ccccc4)no3)CC2)c(Cl)c1. The maximum atomic E-state index is 6.25. The van der Waals surface area contributed by atoms with Crippen molar-refractivity contribution in [2.24, 2.45) is 0 Å². The molecule has 0 unspecified atom stereocenters. The number of piperazine rings is 1. The second kappa shape index (κ2) is 7.61. The fourth-order valence-electron chi connectivity index (χ4n) is 2.97. The van der Waals surface area contributed by atoms with E-state index in [1.165, 1.54) is 0 Å². The topological polar surface area (TPSA) is 58.3 Å². The highest BCUT2D eigenvalue weighted by Crippen LogP contribution is 2.27. The second-order valence-electron chi connectivity index (χ2n) is 6.10. The summed E-state index contributed by atoms with van der Waals surface area (Å²) in [5.41, 5.74) is 0.954. The normalized spacial score (nSPS) is 15.4. The first-order chi connectivity index (χ1) is 12.7. The van der Waals surface area contributed by atoms with Gasteiger partial charge in [-0.1, -0.05) is 58.7 Å². The van der Waals surface area contributed by atoms with E-state index >= 15 is 0 Å². The van der Waals surface area contributed by atoms with Gasteiger partial charge in [0.15, 0.2) is 0 Å². The molecule has 0 radical (unpaired) electrons. The Hall–Kier alpha value is -2.15. The zero-order valence-corrected chi connectivity index (χ0v) is 15.5. The largest absolute Gasteiger partial charge is 0.353 e. The van der Waals surface area contributed by atoms with Crippen molar-refractivity contribution in [1.29, 1.82) is 0 Å². The van der Waals surface area contributed by atoms with Gasteiger partial charge in [0.05, 0.1) is 16.6 Å². The van der Waals surface area contributed by atoms with Crippen molar-refractivity contribution in [2.45, 2.75) is 6.54 Å². The molecule has 6 nitrogen and oxygen atoms in total. The predicted molar refractivity (Wildman–Crippen MR) is 101 cm³/mol. The van der Waals surface area contributed by atoms with Crippen LogP contribution in [0.3, 0.4) is 0 Å². The molecule has 2 aromatic heterocycles. The highest BCUT2D eigenvalue weighted by molar-refractivity contribution is 6.36. The van der Waals surface area contributed by atoms with Crippen LogP contribution < -0.4 is 4.90 Å². The van der Waals surface area contributed by atoms with E-state index in [-0.39, 0.29) is 0 Å². The Labute approximate surface area is 161 Å². The Bertz CT molecular complexity index is 878. The monoisotopic (exact) mass is 389 g/mol. The maximum absolute atomic E-state index is 6.25. The summed E-state index contributed by atoms with van der Waals surface area (Å²) in [6, 6.07) is 11.5. The number of benzene rings is 1. The van der Waals surface area contributed by atoms with Crippen LogP contribution in [-0.2, 0) is 6.54 Å². The number of anilines is 1. The molecule has 134 valence electrons. The van der Waals surface area contributed by atoms with Crippen molar-refractivity contribution >= 4 is 29.0 Å². The first-order valence-corrected chi connectivity index (χ1v) is 9.11. The molecule has 0 spiro atoms.